The van der Waals surface area contributed by atoms with Crippen LogP contribution in [0.5, 0.6) is 0 Å². The van der Waals surface area contributed by atoms with Gasteiger partial charge in [-0.1, -0.05) is 18.2 Å². The zero-order chi connectivity index (χ0) is 17.3. The molecular formula is C18H16N2O3S. The van der Waals surface area contributed by atoms with Gasteiger partial charge in [-0.05, 0) is 43.2 Å². The van der Waals surface area contributed by atoms with Crippen molar-refractivity contribution >= 4 is 16.3 Å². The van der Waals surface area contributed by atoms with E-state index in [4.69, 9.17) is 0 Å². The van der Waals surface area contributed by atoms with Gasteiger partial charge in [0.05, 0.1) is 5.69 Å². The van der Waals surface area contributed by atoms with Crippen LogP contribution in [0.2, 0.25) is 0 Å². The molecule has 122 valence electrons. The average Bonchev–Trinajstić information content (AvgIpc) is 3.00. The van der Waals surface area contributed by atoms with E-state index >= 15 is 0 Å². The Kier molecular flexibility index (Phi) is 4.07. The highest BCUT2D eigenvalue weighted by Gasteiger charge is 2.23. The molecule has 0 amide bonds. The predicted molar refractivity (Wildman–Crippen MR) is 91.6 cm³/mol. The molecule has 0 fully saturated rings. The Balaban J connectivity index is 2.31. The molecule has 0 atom stereocenters. The lowest BCUT2D eigenvalue weighted by Gasteiger charge is -2.14. The minimum atomic E-state index is -3.85. The van der Waals surface area contributed by atoms with Gasteiger partial charge in [-0.3, -0.25) is 9.78 Å². The summed E-state index contributed by atoms with van der Waals surface area (Å²) >= 11 is 0. The Morgan fingerprint density at radius 1 is 1.08 bits per heavy atom. The maximum absolute atomic E-state index is 13.0. The Labute approximate surface area is 140 Å². The zero-order valence-corrected chi connectivity index (χ0v) is 14.1. The van der Waals surface area contributed by atoms with Crippen LogP contribution in [0.4, 0.5) is 0 Å². The van der Waals surface area contributed by atoms with Gasteiger partial charge in [0.1, 0.15) is 4.90 Å². The number of aryl methyl sites for hydroxylation is 2. The summed E-state index contributed by atoms with van der Waals surface area (Å²) in [6.07, 6.45) is 4.80. The molecule has 0 aliphatic rings. The standard InChI is InChI=1S/C18H16N2O3S/c1-13-5-3-6-14(2)18(13)17-9-15(12-21)11-20(17)24(22,23)16-7-4-8-19-10-16/h3-12H,1-2H3. The van der Waals surface area contributed by atoms with Crippen LogP contribution in [0.3, 0.4) is 0 Å². The first kappa shape index (κ1) is 16.1. The first-order valence-corrected chi connectivity index (χ1v) is 8.79. The van der Waals surface area contributed by atoms with Crippen molar-refractivity contribution in [2.24, 2.45) is 0 Å². The molecule has 0 radical (unpaired) electrons. The van der Waals surface area contributed by atoms with Crippen LogP contribution in [0, 0.1) is 13.8 Å². The van der Waals surface area contributed by atoms with Crippen molar-refractivity contribution in [3.63, 3.8) is 0 Å². The van der Waals surface area contributed by atoms with Crippen LogP contribution >= 0.6 is 0 Å². The van der Waals surface area contributed by atoms with Gasteiger partial charge in [0.25, 0.3) is 10.0 Å². The van der Waals surface area contributed by atoms with Crippen molar-refractivity contribution in [1.82, 2.24) is 8.96 Å². The highest BCUT2D eigenvalue weighted by molar-refractivity contribution is 7.90. The van der Waals surface area contributed by atoms with Gasteiger partial charge in [0.15, 0.2) is 6.29 Å². The lowest BCUT2D eigenvalue weighted by Crippen LogP contribution is -2.14. The molecule has 0 aliphatic carbocycles. The van der Waals surface area contributed by atoms with E-state index < -0.39 is 10.0 Å². The van der Waals surface area contributed by atoms with Crippen molar-refractivity contribution < 1.29 is 13.2 Å². The number of benzene rings is 1. The summed E-state index contributed by atoms with van der Waals surface area (Å²) in [5.74, 6) is 0. The fraction of sp³-hybridized carbons (Fsp3) is 0.111. The summed E-state index contributed by atoms with van der Waals surface area (Å²) in [7, 11) is -3.85. The van der Waals surface area contributed by atoms with E-state index in [1.54, 1.807) is 12.1 Å². The summed E-state index contributed by atoms with van der Waals surface area (Å²) < 4.78 is 27.1. The van der Waals surface area contributed by atoms with Crippen LogP contribution < -0.4 is 0 Å². The largest absolute Gasteiger partial charge is 0.298 e. The Hall–Kier alpha value is -2.73. The second kappa shape index (κ2) is 6.05. The smallest absolute Gasteiger partial charge is 0.269 e. The SMILES string of the molecule is Cc1cccc(C)c1-c1cc(C=O)cn1S(=O)(=O)c1cccnc1. The van der Waals surface area contributed by atoms with E-state index in [9.17, 15) is 13.2 Å². The second-order valence-electron chi connectivity index (χ2n) is 5.53. The van der Waals surface area contributed by atoms with Gasteiger partial charge in [0, 0.05) is 29.7 Å². The van der Waals surface area contributed by atoms with Crippen molar-refractivity contribution in [2.75, 3.05) is 0 Å². The van der Waals surface area contributed by atoms with Crippen molar-refractivity contribution in [2.45, 2.75) is 18.7 Å². The molecule has 3 rings (SSSR count). The highest BCUT2D eigenvalue weighted by Crippen LogP contribution is 2.31. The number of hydrogen-bond acceptors (Lipinski definition) is 4. The van der Waals surface area contributed by atoms with Gasteiger partial charge in [-0.15, -0.1) is 0 Å². The average molecular weight is 340 g/mol. The van der Waals surface area contributed by atoms with E-state index in [2.05, 4.69) is 4.98 Å². The quantitative estimate of drug-likeness (QED) is 0.684. The first-order chi connectivity index (χ1) is 11.4. The Bertz CT molecular complexity index is 986. The maximum atomic E-state index is 13.0. The van der Waals surface area contributed by atoms with Crippen LogP contribution in [0.15, 0.2) is 59.9 Å². The third kappa shape index (κ3) is 2.65. The summed E-state index contributed by atoms with van der Waals surface area (Å²) in [6, 6.07) is 10.4. The number of hydrogen-bond donors (Lipinski definition) is 0. The molecule has 6 heteroatoms. The lowest BCUT2D eigenvalue weighted by molar-refractivity contribution is 0.112. The molecule has 0 saturated heterocycles. The molecule has 2 aromatic heterocycles. The zero-order valence-electron chi connectivity index (χ0n) is 13.3. The van der Waals surface area contributed by atoms with Crippen LogP contribution in [0.1, 0.15) is 21.5 Å². The molecule has 0 saturated carbocycles. The molecule has 2 heterocycles. The van der Waals surface area contributed by atoms with Crippen molar-refractivity contribution in [3.8, 4) is 11.3 Å². The summed E-state index contributed by atoms with van der Waals surface area (Å²) in [4.78, 5) is 15.2. The van der Waals surface area contributed by atoms with E-state index in [0.29, 0.717) is 17.5 Å². The van der Waals surface area contributed by atoms with E-state index in [1.807, 2.05) is 32.0 Å². The van der Waals surface area contributed by atoms with E-state index in [1.165, 1.54) is 24.7 Å². The maximum Gasteiger partial charge on any atom is 0.269 e. The molecule has 5 nitrogen and oxygen atoms in total. The summed E-state index contributed by atoms with van der Waals surface area (Å²) in [5.41, 5.74) is 3.45. The van der Waals surface area contributed by atoms with E-state index in [0.717, 1.165) is 20.7 Å². The Morgan fingerprint density at radius 3 is 2.38 bits per heavy atom. The number of aromatic nitrogens is 2. The molecule has 0 N–H and O–H groups in total. The van der Waals surface area contributed by atoms with Gasteiger partial charge in [0.2, 0.25) is 0 Å². The lowest BCUT2D eigenvalue weighted by atomic mass is 10.0. The first-order valence-electron chi connectivity index (χ1n) is 7.35. The van der Waals surface area contributed by atoms with Gasteiger partial charge < -0.3 is 0 Å². The number of aldehydes is 1. The van der Waals surface area contributed by atoms with Crippen LogP contribution in [-0.4, -0.2) is 23.7 Å². The number of nitrogens with zero attached hydrogens (tertiary/aromatic N) is 2. The van der Waals surface area contributed by atoms with Crippen LogP contribution in [0.25, 0.3) is 11.3 Å². The van der Waals surface area contributed by atoms with E-state index in [-0.39, 0.29) is 4.90 Å². The molecule has 24 heavy (non-hydrogen) atoms. The minimum Gasteiger partial charge on any atom is -0.298 e. The monoisotopic (exact) mass is 340 g/mol. The second-order valence-corrected chi connectivity index (χ2v) is 7.35. The molecular weight excluding hydrogens is 324 g/mol. The third-order valence-electron chi connectivity index (χ3n) is 3.87. The molecule has 0 aliphatic heterocycles. The van der Waals surface area contributed by atoms with Gasteiger partial charge >= 0.3 is 0 Å². The summed E-state index contributed by atoms with van der Waals surface area (Å²) in [5, 5.41) is 0. The molecule has 0 unspecified atom stereocenters. The Morgan fingerprint density at radius 2 is 1.79 bits per heavy atom. The van der Waals surface area contributed by atoms with Crippen molar-refractivity contribution in [3.05, 3.63) is 71.7 Å². The topological polar surface area (TPSA) is 69.0 Å². The number of carbonyl (C=O) groups excluding carboxylic acids is 1. The minimum absolute atomic E-state index is 0.0746. The summed E-state index contributed by atoms with van der Waals surface area (Å²) in [6.45, 7) is 3.83. The van der Waals surface area contributed by atoms with Gasteiger partial charge in [-0.25, -0.2) is 12.4 Å². The van der Waals surface area contributed by atoms with Crippen LogP contribution in [-0.2, 0) is 10.0 Å². The third-order valence-corrected chi connectivity index (χ3v) is 5.53. The fourth-order valence-electron chi connectivity index (χ4n) is 2.74. The van der Waals surface area contributed by atoms with Crippen molar-refractivity contribution in [1.29, 1.82) is 0 Å². The number of carbonyl (C=O) groups is 1. The molecule has 3 aromatic rings. The molecule has 0 bridgehead atoms. The molecule has 0 spiro atoms. The predicted octanol–water partition coefficient (Wildman–Crippen LogP) is 3.22. The highest BCUT2D eigenvalue weighted by atomic mass is 32.2. The number of pyridine rings is 1. The normalized spacial score (nSPS) is 11.4. The van der Waals surface area contributed by atoms with Gasteiger partial charge in [-0.2, -0.15) is 0 Å². The molecule has 1 aromatic carbocycles. The fourth-order valence-corrected chi connectivity index (χ4v) is 4.08. The number of rotatable bonds is 4.